The minimum absolute atomic E-state index is 0.0148. The molecule has 1 amide bonds. The van der Waals surface area contributed by atoms with E-state index in [1.54, 1.807) is 18.9 Å². The Morgan fingerprint density at radius 2 is 2.04 bits per heavy atom. The van der Waals surface area contributed by atoms with Crippen molar-refractivity contribution in [3.05, 3.63) is 24.3 Å². The lowest BCUT2D eigenvalue weighted by molar-refractivity contribution is -0.129. The Bertz CT molecular complexity index is 606. The number of nitrogens with zero attached hydrogens (tertiary/aromatic N) is 1. The van der Waals surface area contributed by atoms with Crippen molar-refractivity contribution in [3.63, 3.8) is 0 Å². The summed E-state index contributed by atoms with van der Waals surface area (Å²) in [4.78, 5) is 26.0. The van der Waals surface area contributed by atoms with Crippen LogP contribution in [0.5, 0.6) is 11.5 Å². The number of benzene rings is 1. The molecule has 1 aromatic rings. The van der Waals surface area contributed by atoms with Crippen molar-refractivity contribution in [1.29, 1.82) is 0 Å². The van der Waals surface area contributed by atoms with Crippen LogP contribution in [0.2, 0.25) is 0 Å². The molecule has 1 aliphatic carbocycles. The van der Waals surface area contributed by atoms with E-state index in [-0.39, 0.29) is 28.1 Å². The highest BCUT2D eigenvalue weighted by Crippen LogP contribution is 2.34. The summed E-state index contributed by atoms with van der Waals surface area (Å²) in [6.07, 6.45) is 1.96. The van der Waals surface area contributed by atoms with E-state index >= 15 is 0 Å². The molecule has 7 heteroatoms. The minimum atomic E-state index is -0.0148. The normalized spacial score (nSPS) is 20.0. The molecule has 2 fully saturated rings. The molecule has 1 aliphatic heterocycles. The predicted molar refractivity (Wildman–Crippen MR) is 96.6 cm³/mol. The average Bonchev–Trinajstić information content (AvgIpc) is 3.36. The highest BCUT2D eigenvalue weighted by molar-refractivity contribution is 8.14. The third-order valence-electron chi connectivity index (χ3n) is 4.01. The van der Waals surface area contributed by atoms with E-state index in [1.807, 2.05) is 29.2 Å². The predicted octanol–water partition coefficient (Wildman–Crippen LogP) is 2.65. The van der Waals surface area contributed by atoms with E-state index in [2.05, 4.69) is 0 Å². The number of para-hydroxylation sites is 2. The Hall–Kier alpha value is -1.34. The van der Waals surface area contributed by atoms with Gasteiger partial charge in [-0.3, -0.25) is 9.59 Å². The summed E-state index contributed by atoms with van der Waals surface area (Å²) in [7, 11) is 1.61. The molecule has 24 heavy (non-hydrogen) atoms. The third kappa shape index (κ3) is 4.39. The number of methoxy groups -OCH3 is 1. The number of hydrogen-bond donors (Lipinski definition) is 0. The Kier molecular flexibility index (Phi) is 5.94. The molecule has 1 unspecified atom stereocenters. The Labute approximate surface area is 150 Å². The maximum atomic E-state index is 12.4. The van der Waals surface area contributed by atoms with Crippen molar-refractivity contribution < 1.29 is 19.1 Å². The molecule has 1 atom stereocenters. The first-order chi connectivity index (χ1) is 11.7. The monoisotopic (exact) mass is 367 g/mol. The van der Waals surface area contributed by atoms with Gasteiger partial charge in [-0.25, -0.2) is 0 Å². The van der Waals surface area contributed by atoms with Gasteiger partial charge in [-0.15, -0.1) is 11.8 Å². The van der Waals surface area contributed by atoms with Crippen LogP contribution in [-0.4, -0.2) is 53.1 Å². The molecule has 5 nitrogen and oxygen atoms in total. The van der Waals surface area contributed by atoms with Crippen molar-refractivity contribution in [1.82, 2.24) is 4.90 Å². The van der Waals surface area contributed by atoms with E-state index in [1.165, 1.54) is 0 Å². The van der Waals surface area contributed by atoms with Crippen LogP contribution in [0.15, 0.2) is 24.3 Å². The summed E-state index contributed by atoms with van der Waals surface area (Å²) in [5.74, 6) is 2.71. The first-order valence-electron chi connectivity index (χ1n) is 8.02. The summed E-state index contributed by atoms with van der Waals surface area (Å²) < 4.78 is 11.1. The molecule has 0 aromatic heterocycles. The fraction of sp³-hybridized carbons (Fsp3) is 0.529. The van der Waals surface area contributed by atoms with Crippen molar-refractivity contribution in [2.75, 3.05) is 31.8 Å². The van der Waals surface area contributed by atoms with Gasteiger partial charge < -0.3 is 14.4 Å². The van der Waals surface area contributed by atoms with Crippen molar-refractivity contribution in [2.45, 2.75) is 18.2 Å². The molecule has 2 aliphatic rings. The molecular weight excluding hydrogens is 346 g/mol. The number of ether oxygens (including phenoxy) is 2. The molecule has 130 valence electrons. The van der Waals surface area contributed by atoms with Crippen LogP contribution in [0.1, 0.15) is 12.8 Å². The summed E-state index contributed by atoms with van der Waals surface area (Å²) in [5, 5.41) is 0.149. The van der Waals surface area contributed by atoms with Crippen molar-refractivity contribution in [3.8, 4) is 11.5 Å². The van der Waals surface area contributed by atoms with Crippen LogP contribution in [0.4, 0.5) is 0 Å². The first-order valence-corrected chi connectivity index (χ1v) is 10.1. The van der Waals surface area contributed by atoms with Gasteiger partial charge in [0.2, 0.25) is 5.91 Å². The zero-order chi connectivity index (χ0) is 16.9. The highest BCUT2D eigenvalue weighted by Gasteiger charge is 2.33. The quantitative estimate of drug-likeness (QED) is 0.738. The molecular formula is C17H21NO4S2. The number of carbonyl (C=O) groups is 2. The molecule has 1 aromatic carbocycles. The standard InChI is InChI=1S/C17H21NO4S2/c1-21-13-4-2-3-5-14(13)22-10-16-18(8-9-23-16)15(19)11-24-17(20)12-6-7-12/h2-5,12,16H,6-11H2,1H3. The van der Waals surface area contributed by atoms with Gasteiger partial charge in [0.15, 0.2) is 16.6 Å². The lowest BCUT2D eigenvalue weighted by Crippen LogP contribution is -2.39. The van der Waals surface area contributed by atoms with Crippen LogP contribution in [0.3, 0.4) is 0 Å². The molecule has 0 radical (unpaired) electrons. The van der Waals surface area contributed by atoms with Crippen LogP contribution >= 0.6 is 23.5 Å². The van der Waals surface area contributed by atoms with Gasteiger partial charge in [0.25, 0.3) is 0 Å². The van der Waals surface area contributed by atoms with E-state index in [9.17, 15) is 9.59 Å². The zero-order valence-corrected chi connectivity index (χ0v) is 15.2. The summed E-state index contributed by atoms with van der Waals surface area (Å²) in [6.45, 7) is 1.12. The lowest BCUT2D eigenvalue weighted by atomic mass is 10.3. The van der Waals surface area contributed by atoms with Crippen LogP contribution in [0, 0.1) is 5.92 Å². The van der Waals surface area contributed by atoms with Gasteiger partial charge in [-0.05, 0) is 25.0 Å². The molecule has 1 saturated carbocycles. The fourth-order valence-corrected chi connectivity index (χ4v) is 4.54. The topological polar surface area (TPSA) is 55.8 Å². The van der Waals surface area contributed by atoms with Gasteiger partial charge in [-0.1, -0.05) is 23.9 Å². The Balaban J connectivity index is 1.51. The molecule has 1 saturated heterocycles. The molecule has 1 heterocycles. The van der Waals surface area contributed by atoms with Crippen LogP contribution in [0.25, 0.3) is 0 Å². The molecule has 0 bridgehead atoms. The van der Waals surface area contributed by atoms with Gasteiger partial charge in [0.1, 0.15) is 12.0 Å². The Morgan fingerprint density at radius 1 is 1.29 bits per heavy atom. The zero-order valence-electron chi connectivity index (χ0n) is 13.6. The SMILES string of the molecule is COc1ccccc1OCC1SCCN1C(=O)CSC(=O)C1CC1. The van der Waals surface area contributed by atoms with Crippen molar-refractivity contribution >= 4 is 34.5 Å². The number of thioether (sulfide) groups is 2. The molecule has 3 rings (SSSR count). The second-order valence-corrected chi connectivity index (χ2v) is 8.02. The van der Waals surface area contributed by atoms with Gasteiger partial charge >= 0.3 is 0 Å². The first kappa shape index (κ1) is 17.5. The Morgan fingerprint density at radius 3 is 2.75 bits per heavy atom. The van der Waals surface area contributed by atoms with Gasteiger partial charge in [0, 0.05) is 18.2 Å². The second kappa shape index (κ2) is 8.16. The number of rotatable bonds is 7. The fourth-order valence-electron chi connectivity index (χ4n) is 2.50. The number of hydrogen-bond acceptors (Lipinski definition) is 6. The van der Waals surface area contributed by atoms with Crippen molar-refractivity contribution in [2.24, 2.45) is 5.92 Å². The van der Waals surface area contributed by atoms with E-state index in [0.29, 0.717) is 24.7 Å². The van der Waals surface area contributed by atoms with Crippen LogP contribution in [-0.2, 0) is 9.59 Å². The summed E-state index contributed by atoms with van der Waals surface area (Å²) in [6, 6.07) is 7.48. The number of amides is 1. The third-order valence-corrected chi connectivity index (χ3v) is 6.21. The number of carbonyl (C=O) groups excluding carboxylic acids is 2. The molecule has 0 N–H and O–H groups in total. The van der Waals surface area contributed by atoms with E-state index in [0.717, 1.165) is 30.4 Å². The van der Waals surface area contributed by atoms with Gasteiger partial charge in [-0.2, -0.15) is 0 Å². The van der Waals surface area contributed by atoms with Gasteiger partial charge in [0.05, 0.1) is 12.9 Å². The maximum Gasteiger partial charge on any atom is 0.234 e. The van der Waals surface area contributed by atoms with Crippen LogP contribution < -0.4 is 9.47 Å². The second-order valence-electron chi connectivity index (χ2n) is 5.76. The lowest BCUT2D eigenvalue weighted by Gasteiger charge is -2.24. The highest BCUT2D eigenvalue weighted by atomic mass is 32.2. The summed E-state index contributed by atoms with van der Waals surface area (Å²) >= 11 is 2.87. The minimum Gasteiger partial charge on any atom is -0.493 e. The summed E-state index contributed by atoms with van der Waals surface area (Å²) in [5.41, 5.74) is 0. The average molecular weight is 367 g/mol. The van der Waals surface area contributed by atoms with E-state index < -0.39 is 0 Å². The van der Waals surface area contributed by atoms with E-state index in [4.69, 9.17) is 9.47 Å². The molecule has 0 spiro atoms. The largest absolute Gasteiger partial charge is 0.493 e. The smallest absolute Gasteiger partial charge is 0.234 e. The maximum absolute atomic E-state index is 12.4.